The van der Waals surface area contributed by atoms with Gasteiger partial charge in [0, 0.05) is 43.8 Å². The number of halogens is 3. The largest absolute Gasteiger partial charge is 0.367 e. The van der Waals surface area contributed by atoms with E-state index in [0.29, 0.717) is 18.8 Å². The lowest BCUT2D eigenvalue weighted by Gasteiger charge is -2.21. The van der Waals surface area contributed by atoms with Crippen LogP contribution in [-0.4, -0.2) is 50.3 Å². The lowest BCUT2D eigenvalue weighted by molar-refractivity contribution is 0.432. The summed E-state index contributed by atoms with van der Waals surface area (Å²) in [5.74, 6) is -0.292. The van der Waals surface area contributed by atoms with Crippen molar-refractivity contribution in [1.82, 2.24) is 16.0 Å². The van der Waals surface area contributed by atoms with Crippen LogP contribution in [0.5, 0.6) is 0 Å². The smallest absolute Gasteiger partial charge is 0.191 e. The van der Waals surface area contributed by atoms with Crippen LogP contribution in [0.3, 0.4) is 0 Å². The molecule has 0 aliphatic carbocycles. The Morgan fingerprint density at radius 3 is 2.67 bits per heavy atom. The summed E-state index contributed by atoms with van der Waals surface area (Å²) < 4.78 is 27.1. The molecule has 0 bridgehead atoms. The van der Waals surface area contributed by atoms with E-state index < -0.39 is 11.6 Å². The van der Waals surface area contributed by atoms with Crippen molar-refractivity contribution in [2.45, 2.75) is 45.7 Å². The summed E-state index contributed by atoms with van der Waals surface area (Å²) in [7, 11) is 0. The van der Waals surface area contributed by atoms with Gasteiger partial charge in [0.1, 0.15) is 11.6 Å². The average Bonchev–Trinajstić information content (AvgIpc) is 2.99. The van der Waals surface area contributed by atoms with E-state index in [9.17, 15) is 8.78 Å². The van der Waals surface area contributed by atoms with E-state index in [1.54, 1.807) is 0 Å². The van der Waals surface area contributed by atoms with Gasteiger partial charge in [-0.1, -0.05) is 0 Å². The molecule has 1 unspecified atom stereocenters. The molecule has 1 aliphatic heterocycles. The van der Waals surface area contributed by atoms with Crippen LogP contribution in [0.2, 0.25) is 0 Å². The first-order chi connectivity index (χ1) is 12.3. The number of nitrogens with one attached hydrogen (secondary N) is 3. The summed E-state index contributed by atoms with van der Waals surface area (Å²) in [4.78, 5) is 6.54. The molecule has 1 saturated heterocycles. The van der Waals surface area contributed by atoms with E-state index in [2.05, 4.69) is 41.7 Å². The number of benzene rings is 1. The Hall–Kier alpha value is -1.16. The van der Waals surface area contributed by atoms with Crippen molar-refractivity contribution < 1.29 is 8.78 Å². The second-order valence-electron chi connectivity index (χ2n) is 7.61. The van der Waals surface area contributed by atoms with Gasteiger partial charge < -0.3 is 20.9 Å². The lowest BCUT2D eigenvalue weighted by Crippen LogP contribution is -2.45. The Labute approximate surface area is 178 Å². The molecule has 154 valence electrons. The topological polar surface area (TPSA) is 51.7 Å². The maximum Gasteiger partial charge on any atom is 0.191 e. The van der Waals surface area contributed by atoms with Gasteiger partial charge in [-0.2, -0.15) is 0 Å². The molecule has 0 spiro atoms. The van der Waals surface area contributed by atoms with Gasteiger partial charge in [0.05, 0.1) is 12.2 Å². The fourth-order valence-electron chi connectivity index (χ4n) is 2.95. The van der Waals surface area contributed by atoms with Gasteiger partial charge in [-0.3, -0.25) is 4.99 Å². The standard InChI is InChI=1S/C19H31F2N5.HI/c1-5-22-18(23-9-10-24-19(2,3)4)25-15-8-11-26(13-15)17-7-6-14(20)12-16(17)21;/h6-7,12,15,24H,5,8-11,13H2,1-4H3,(H2,22,23,25);1H. The minimum atomic E-state index is -0.550. The van der Waals surface area contributed by atoms with Gasteiger partial charge in [-0.05, 0) is 46.2 Å². The third-order valence-electron chi connectivity index (χ3n) is 4.16. The van der Waals surface area contributed by atoms with Crippen LogP contribution in [0, 0.1) is 11.6 Å². The van der Waals surface area contributed by atoms with E-state index in [0.717, 1.165) is 38.1 Å². The van der Waals surface area contributed by atoms with E-state index >= 15 is 0 Å². The van der Waals surface area contributed by atoms with Crippen LogP contribution in [0.15, 0.2) is 23.2 Å². The van der Waals surface area contributed by atoms with Crippen molar-refractivity contribution in [1.29, 1.82) is 0 Å². The first-order valence-electron chi connectivity index (χ1n) is 9.28. The molecule has 1 atom stereocenters. The first kappa shape index (κ1) is 23.9. The molecular formula is C19H32F2IN5. The fraction of sp³-hybridized carbons (Fsp3) is 0.632. The molecule has 1 aliphatic rings. The van der Waals surface area contributed by atoms with Crippen molar-refractivity contribution >= 4 is 35.6 Å². The molecule has 1 heterocycles. The van der Waals surface area contributed by atoms with Crippen LogP contribution >= 0.6 is 24.0 Å². The average molecular weight is 495 g/mol. The number of nitrogens with zero attached hydrogens (tertiary/aromatic N) is 2. The highest BCUT2D eigenvalue weighted by atomic mass is 127. The highest BCUT2D eigenvalue weighted by Crippen LogP contribution is 2.24. The SMILES string of the molecule is CCNC(=NCCNC(C)(C)C)NC1CCN(c2ccc(F)cc2F)C1.I. The summed E-state index contributed by atoms with van der Waals surface area (Å²) in [6.07, 6.45) is 0.876. The lowest BCUT2D eigenvalue weighted by atomic mass is 10.1. The molecule has 3 N–H and O–H groups in total. The zero-order valence-electron chi connectivity index (χ0n) is 16.6. The maximum absolute atomic E-state index is 14.0. The van der Waals surface area contributed by atoms with Gasteiger partial charge >= 0.3 is 0 Å². The number of hydrogen-bond acceptors (Lipinski definition) is 3. The van der Waals surface area contributed by atoms with E-state index in [4.69, 9.17) is 0 Å². The minimum absolute atomic E-state index is 0. The molecule has 0 radical (unpaired) electrons. The van der Waals surface area contributed by atoms with Crippen LogP contribution in [0.1, 0.15) is 34.1 Å². The molecular weight excluding hydrogens is 463 g/mol. The monoisotopic (exact) mass is 495 g/mol. The van der Waals surface area contributed by atoms with Gasteiger partial charge in [-0.25, -0.2) is 8.78 Å². The molecule has 2 rings (SSSR count). The minimum Gasteiger partial charge on any atom is -0.367 e. The molecule has 1 aromatic rings. The fourth-order valence-corrected chi connectivity index (χ4v) is 2.95. The number of anilines is 1. The molecule has 0 amide bonds. The number of hydrogen-bond donors (Lipinski definition) is 3. The molecule has 0 aromatic heterocycles. The van der Waals surface area contributed by atoms with Gasteiger partial charge in [0.2, 0.25) is 0 Å². The van der Waals surface area contributed by atoms with E-state index in [-0.39, 0.29) is 35.6 Å². The molecule has 8 heteroatoms. The first-order valence-corrected chi connectivity index (χ1v) is 9.28. The van der Waals surface area contributed by atoms with Gasteiger partial charge in [0.15, 0.2) is 5.96 Å². The highest BCUT2D eigenvalue weighted by molar-refractivity contribution is 14.0. The van der Waals surface area contributed by atoms with Crippen molar-refractivity contribution in [2.75, 3.05) is 37.6 Å². The van der Waals surface area contributed by atoms with Crippen molar-refractivity contribution in [3.63, 3.8) is 0 Å². The number of guanidine groups is 1. The van der Waals surface area contributed by atoms with E-state index in [1.165, 1.54) is 12.1 Å². The predicted molar refractivity (Wildman–Crippen MR) is 119 cm³/mol. The summed E-state index contributed by atoms with van der Waals surface area (Å²) in [6, 6.07) is 3.91. The number of aliphatic imine (C=N–C) groups is 1. The maximum atomic E-state index is 14.0. The molecule has 27 heavy (non-hydrogen) atoms. The van der Waals surface area contributed by atoms with E-state index in [1.807, 2.05) is 11.8 Å². The Kier molecular flexibility index (Phi) is 9.72. The zero-order valence-corrected chi connectivity index (χ0v) is 18.9. The summed E-state index contributed by atoms with van der Waals surface area (Å²) in [5.41, 5.74) is 0.527. The zero-order chi connectivity index (χ0) is 19.2. The normalized spacial score (nSPS) is 17.6. The Morgan fingerprint density at radius 2 is 2.04 bits per heavy atom. The Morgan fingerprint density at radius 1 is 1.30 bits per heavy atom. The molecule has 5 nitrogen and oxygen atoms in total. The van der Waals surface area contributed by atoms with Crippen molar-refractivity contribution in [2.24, 2.45) is 4.99 Å². The summed E-state index contributed by atoms with van der Waals surface area (Å²) in [6.45, 7) is 12.1. The Bertz CT molecular complexity index is 619. The molecule has 1 aromatic carbocycles. The summed E-state index contributed by atoms with van der Waals surface area (Å²) >= 11 is 0. The van der Waals surface area contributed by atoms with Crippen LogP contribution < -0.4 is 20.9 Å². The van der Waals surface area contributed by atoms with Gasteiger partial charge in [-0.15, -0.1) is 24.0 Å². The number of rotatable bonds is 6. The third kappa shape index (κ3) is 8.16. The van der Waals surface area contributed by atoms with Crippen LogP contribution in [0.25, 0.3) is 0 Å². The van der Waals surface area contributed by atoms with Crippen LogP contribution in [0.4, 0.5) is 14.5 Å². The third-order valence-corrected chi connectivity index (χ3v) is 4.16. The van der Waals surface area contributed by atoms with Crippen molar-refractivity contribution in [3.8, 4) is 0 Å². The van der Waals surface area contributed by atoms with Gasteiger partial charge in [0.25, 0.3) is 0 Å². The molecule has 0 saturated carbocycles. The quantitative estimate of drug-likeness (QED) is 0.246. The molecule has 1 fully saturated rings. The second-order valence-corrected chi connectivity index (χ2v) is 7.61. The van der Waals surface area contributed by atoms with Crippen LogP contribution in [-0.2, 0) is 0 Å². The second kappa shape index (κ2) is 11.0. The Balaban J connectivity index is 0.00000364. The van der Waals surface area contributed by atoms with Crippen molar-refractivity contribution in [3.05, 3.63) is 29.8 Å². The highest BCUT2D eigenvalue weighted by Gasteiger charge is 2.25. The summed E-state index contributed by atoms with van der Waals surface area (Å²) in [5, 5.41) is 10.1. The predicted octanol–water partition coefficient (Wildman–Crippen LogP) is 3.10.